The molecule has 6 nitrogen and oxygen atoms in total. The molecule has 3 N–H and O–H groups in total. The van der Waals surface area contributed by atoms with E-state index in [-0.39, 0.29) is 17.8 Å². The lowest BCUT2D eigenvalue weighted by Gasteiger charge is -2.41. The summed E-state index contributed by atoms with van der Waals surface area (Å²) in [6.07, 6.45) is 8.78. The Hall–Kier alpha value is -4.42. The summed E-state index contributed by atoms with van der Waals surface area (Å²) in [5.41, 5.74) is 12.6. The van der Waals surface area contributed by atoms with E-state index in [1.54, 1.807) is 12.2 Å². The van der Waals surface area contributed by atoms with Crippen LogP contribution in [0, 0.1) is 0 Å². The average molecular weight is 514 g/mol. The number of carbonyl (C=O) groups excluding carboxylic acids is 2. The van der Waals surface area contributed by atoms with E-state index < -0.39 is 5.41 Å². The summed E-state index contributed by atoms with van der Waals surface area (Å²) in [6, 6.07) is 17.6. The molecule has 2 unspecified atom stereocenters. The van der Waals surface area contributed by atoms with Gasteiger partial charge in [-0.15, -0.1) is 0 Å². The summed E-state index contributed by atoms with van der Waals surface area (Å²) in [5.74, 6) is 5.92. The van der Waals surface area contributed by atoms with Crippen LogP contribution >= 0.6 is 0 Å². The lowest BCUT2D eigenvalue weighted by Crippen LogP contribution is -2.41. The van der Waals surface area contributed by atoms with Crippen molar-refractivity contribution in [2.75, 3.05) is 11.4 Å². The zero-order valence-corrected chi connectivity index (χ0v) is 21.6. The van der Waals surface area contributed by atoms with Gasteiger partial charge in [-0.1, -0.05) is 42.5 Å². The second-order valence-electron chi connectivity index (χ2n) is 11.2. The second-order valence-corrected chi connectivity index (χ2v) is 11.2. The summed E-state index contributed by atoms with van der Waals surface area (Å²) in [4.78, 5) is 26.9. The number of hydrazine groups is 1. The van der Waals surface area contributed by atoms with Crippen LogP contribution in [-0.2, 0) is 19.7 Å². The van der Waals surface area contributed by atoms with Gasteiger partial charge < -0.3 is 9.64 Å². The first-order chi connectivity index (χ1) is 19.0. The quantitative estimate of drug-likeness (QED) is 0.219. The number of hydrogen-bond acceptors (Lipinski definition) is 5. The highest BCUT2D eigenvalue weighted by atomic mass is 16.5. The number of nitrogens with one attached hydrogen (secondary N) is 1. The Balaban J connectivity index is 1.41. The smallest absolute Gasteiger partial charge is 0.233 e. The maximum atomic E-state index is 12.4. The molecular weight excluding hydrogens is 486 g/mol. The highest BCUT2D eigenvalue weighted by Gasteiger charge is 2.50. The van der Waals surface area contributed by atoms with E-state index in [4.69, 9.17) is 10.6 Å². The number of anilines is 1. The molecule has 0 saturated heterocycles. The minimum atomic E-state index is -0.441. The minimum absolute atomic E-state index is 0.0499. The number of rotatable bonds is 3. The van der Waals surface area contributed by atoms with Gasteiger partial charge in [0.2, 0.25) is 5.91 Å². The van der Waals surface area contributed by atoms with Crippen molar-refractivity contribution >= 4 is 28.2 Å². The van der Waals surface area contributed by atoms with Crippen LogP contribution in [0.4, 0.5) is 5.69 Å². The fourth-order valence-corrected chi connectivity index (χ4v) is 7.39. The predicted molar refractivity (Wildman–Crippen MR) is 151 cm³/mol. The number of allylic oxidation sites excluding steroid dienone is 4. The number of fused-ring (bicyclic) bond motifs is 9. The Morgan fingerprint density at radius 3 is 2.69 bits per heavy atom. The molecule has 8 rings (SSSR count). The monoisotopic (exact) mass is 513 g/mol. The Morgan fingerprint density at radius 1 is 1.08 bits per heavy atom. The summed E-state index contributed by atoms with van der Waals surface area (Å²) < 4.78 is 6.44. The largest absolute Gasteiger partial charge is 0.485 e. The van der Waals surface area contributed by atoms with Gasteiger partial charge >= 0.3 is 0 Å². The van der Waals surface area contributed by atoms with Crippen molar-refractivity contribution in [1.29, 1.82) is 0 Å². The third-order valence-electron chi connectivity index (χ3n) is 9.11. The Labute approximate surface area is 226 Å². The second kappa shape index (κ2) is 7.80. The normalized spacial score (nSPS) is 23.4. The molecule has 1 amide bonds. The van der Waals surface area contributed by atoms with Crippen molar-refractivity contribution < 1.29 is 14.3 Å². The molecule has 0 fully saturated rings. The number of nitrogens with two attached hydrogens (primary N) is 1. The molecular formula is C33H27N3O3. The number of benzene rings is 3. The average Bonchev–Trinajstić information content (AvgIpc) is 3.42. The number of hydrogen-bond donors (Lipinski definition) is 2. The summed E-state index contributed by atoms with van der Waals surface area (Å²) in [7, 11) is 0. The van der Waals surface area contributed by atoms with Gasteiger partial charge in [0.25, 0.3) is 0 Å². The number of nitrogens with zero attached hydrogens (tertiary/aromatic N) is 1. The highest BCUT2D eigenvalue weighted by Crippen LogP contribution is 2.60. The molecule has 5 aliphatic rings. The van der Waals surface area contributed by atoms with E-state index in [9.17, 15) is 9.59 Å². The molecule has 192 valence electrons. The van der Waals surface area contributed by atoms with Crippen molar-refractivity contribution in [3.63, 3.8) is 0 Å². The van der Waals surface area contributed by atoms with E-state index in [1.165, 1.54) is 50.0 Å². The lowest BCUT2D eigenvalue weighted by molar-refractivity contribution is -0.121. The number of ether oxygens (including phenoxy) is 1. The Morgan fingerprint density at radius 2 is 1.87 bits per heavy atom. The van der Waals surface area contributed by atoms with Crippen LogP contribution in [0.2, 0.25) is 0 Å². The van der Waals surface area contributed by atoms with E-state index in [0.29, 0.717) is 18.6 Å². The van der Waals surface area contributed by atoms with Crippen LogP contribution in [-0.4, -0.2) is 24.3 Å². The third-order valence-corrected chi connectivity index (χ3v) is 9.11. The van der Waals surface area contributed by atoms with Crippen molar-refractivity contribution in [2.45, 2.75) is 37.7 Å². The van der Waals surface area contributed by atoms with Gasteiger partial charge in [0.15, 0.2) is 5.78 Å². The van der Waals surface area contributed by atoms with Gasteiger partial charge in [-0.2, -0.15) is 0 Å². The molecule has 3 aromatic rings. The molecule has 0 aromatic heterocycles. The van der Waals surface area contributed by atoms with Crippen molar-refractivity contribution in [2.24, 2.45) is 5.84 Å². The third kappa shape index (κ3) is 2.95. The molecule has 39 heavy (non-hydrogen) atoms. The lowest BCUT2D eigenvalue weighted by atomic mass is 9.73. The van der Waals surface area contributed by atoms with Crippen LogP contribution in [0.5, 0.6) is 0 Å². The number of amides is 1. The molecule has 2 aliphatic carbocycles. The van der Waals surface area contributed by atoms with E-state index in [2.05, 4.69) is 71.9 Å². The van der Waals surface area contributed by atoms with Gasteiger partial charge in [0.05, 0.1) is 5.69 Å². The fourth-order valence-electron chi connectivity index (χ4n) is 7.39. The van der Waals surface area contributed by atoms with Gasteiger partial charge in [-0.05, 0) is 70.8 Å². The zero-order valence-electron chi connectivity index (χ0n) is 21.6. The summed E-state index contributed by atoms with van der Waals surface area (Å²) in [6.45, 7) is 3.05. The molecule has 0 bridgehead atoms. The van der Waals surface area contributed by atoms with Crippen molar-refractivity contribution in [1.82, 2.24) is 5.43 Å². The number of carbonyl (C=O) groups is 2. The van der Waals surface area contributed by atoms with Crippen LogP contribution in [0.15, 0.2) is 95.4 Å². The highest BCUT2D eigenvalue weighted by molar-refractivity contribution is 6.20. The van der Waals surface area contributed by atoms with Crippen LogP contribution in [0.3, 0.4) is 0 Å². The molecule has 3 aliphatic heterocycles. The maximum absolute atomic E-state index is 12.4. The fraction of sp³-hybridized carbons (Fsp3) is 0.212. The predicted octanol–water partition coefficient (Wildman–Crippen LogP) is 5.34. The first kappa shape index (κ1) is 22.6. The van der Waals surface area contributed by atoms with Crippen LogP contribution in [0.1, 0.15) is 31.7 Å². The maximum Gasteiger partial charge on any atom is 0.233 e. The number of ketones is 1. The topological polar surface area (TPSA) is 84.7 Å². The van der Waals surface area contributed by atoms with E-state index in [1.807, 2.05) is 6.08 Å². The van der Waals surface area contributed by atoms with Crippen molar-refractivity contribution in [3.8, 4) is 22.3 Å². The van der Waals surface area contributed by atoms with Gasteiger partial charge in [0.1, 0.15) is 11.9 Å². The molecule has 3 aromatic carbocycles. The molecule has 0 radical (unpaired) electrons. The molecule has 0 spiro atoms. The van der Waals surface area contributed by atoms with Crippen LogP contribution < -0.4 is 16.2 Å². The molecule has 0 saturated carbocycles. The first-order valence-electron chi connectivity index (χ1n) is 13.5. The summed E-state index contributed by atoms with van der Waals surface area (Å²) in [5, 5.41) is 2.54. The standard InChI is InChI=1S/C33H27N3O3/c1-33(13-11-29(38)35-34)26-17-24-21-6-3-2-5-20(21)22-7-4-8-23(30(22)24)31(26)36-14-12-27-25(32(33)36)15-18-9-10-19(37)16-28(18)39-27/h2-10,15-17,27H,11-14,34H2,1H3,(H,35,38). The SMILES string of the molecule is CC1(CCC(=O)NN)C2=C3C=C4C=CC(=O)C=C4OC3CCN2c2c1cc1c3c(cccc23)-c2ccccc2-1. The van der Waals surface area contributed by atoms with Crippen LogP contribution in [0.25, 0.3) is 33.0 Å². The van der Waals surface area contributed by atoms with Gasteiger partial charge in [-0.25, -0.2) is 5.84 Å². The van der Waals surface area contributed by atoms with Crippen molar-refractivity contribution in [3.05, 3.63) is 101 Å². The van der Waals surface area contributed by atoms with E-state index >= 15 is 0 Å². The van der Waals surface area contributed by atoms with Gasteiger partial charge in [-0.3, -0.25) is 15.0 Å². The molecule has 2 atom stereocenters. The molecule has 3 heterocycles. The summed E-state index contributed by atoms with van der Waals surface area (Å²) >= 11 is 0. The first-order valence-corrected chi connectivity index (χ1v) is 13.5. The minimum Gasteiger partial charge on any atom is -0.485 e. The zero-order chi connectivity index (χ0) is 26.5. The van der Waals surface area contributed by atoms with Gasteiger partial charge in [0, 0.05) is 53.1 Å². The Bertz CT molecular complexity index is 1790. The van der Waals surface area contributed by atoms with E-state index in [0.717, 1.165) is 24.1 Å². The Kier molecular flexibility index (Phi) is 4.51. The molecule has 6 heteroatoms.